The van der Waals surface area contributed by atoms with Crippen molar-refractivity contribution in [3.05, 3.63) is 35.4 Å². The van der Waals surface area contributed by atoms with Crippen LogP contribution in [0.3, 0.4) is 0 Å². The van der Waals surface area contributed by atoms with Gasteiger partial charge in [0.25, 0.3) is 0 Å². The molecule has 0 spiro atoms. The van der Waals surface area contributed by atoms with Crippen LogP contribution in [0.1, 0.15) is 51.8 Å². The van der Waals surface area contributed by atoms with E-state index in [2.05, 4.69) is 63.8 Å². The van der Waals surface area contributed by atoms with Gasteiger partial charge in [0, 0.05) is 18.6 Å². The maximum absolute atomic E-state index is 2.62. The lowest BCUT2D eigenvalue weighted by Gasteiger charge is -2.38. The van der Waals surface area contributed by atoms with Gasteiger partial charge in [-0.25, -0.2) is 0 Å². The van der Waals surface area contributed by atoms with Gasteiger partial charge in [0.2, 0.25) is 0 Å². The number of hydrogen-bond acceptors (Lipinski definition) is 1. The van der Waals surface area contributed by atoms with Gasteiger partial charge in [0.1, 0.15) is 0 Å². The Labute approximate surface area is 99.5 Å². The van der Waals surface area contributed by atoms with Crippen LogP contribution in [0.5, 0.6) is 0 Å². The lowest BCUT2D eigenvalue weighted by Crippen LogP contribution is -2.36. The predicted octanol–water partition coefficient (Wildman–Crippen LogP) is 4.00. The summed E-state index contributed by atoms with van der Waals surface area (Å²) in [5.41, 5.74) is 3.34. The second-order valence-corrected chi connectivity index (χ2v) is 6.23. The fourth-order valence-electron chi connectivity index (χ4n) is 2.86. The Morgan fingerprint density at radius 3 is 2.38 bits per heavy atom. The van der Waals surface area contributed by atoms with E-state index >= 15 is 0 Å². The highest BCUT2D eigenvalue weighted by atomic mass is 15.2. The molecule has 0 N–H and O–H groups in total. The summed E-state index contributed by atoms with van der Waals surface area (Å²) in [4.78, 5) is 2.62. The molecule has 16 heavy (non-hydrogen) atoms. The van der Waals surface area contributed by atoms with Gasteiger partial charge in [-0.2, -0.15) is 0 Å². The zero-order valence-corrected chi connectivity index (χ0v) is 11.1. The third kappa shape index (κ3) is 1.89. The van der Waals surface area contributed by atoms with Gasteiger partial charge in [-0.3, -0.25) is 4.90 Å². The predicted molar refractivity (Wildman–Crippen MR) is 69.3 cm³/mol. The first-order chi connectivity index (χ1) is 7.41. The van der Waals surface area contributed by atoms with Crippen molar-refractivity contribution in [2.45, 2.75) is 53.2 Å². The molecule has 1 aliphatic rings. The number of benzene rings is 1. The van der Waals surface area contributed by atoms with Gasteiger partial charge in [-0.1, -0.05) is 45.0 Å². The van der Waals surface area contributed by atoms with E-state index in [1.807, 2.05) is 0 Å². The minimum absolute atomic E-state index is 0.302. The molecule has 0 radical (unpaired) electrons. The van der Waals surface area contributed by atoms with E-state index in [0.717, 1.165) is 6.54 Å². The molecule has 0 saturated carbocycles. The number of fused-ring (bicyclic) bond motifs is 1. The monoisotopic (exact) mass is 217 g/mol. The number of hydrogen-bond donors (Lipinski definition) is 0. The molecule has 1 atom stereocenters. The van der Waals surface area contributed by atoms with E-state index in [9.17, 15) is 0 Å². The smallest absolute Gasteiger partial charge is 0.0405 e. The van der Waals surface area contributed by atoms with Crippen molar-refractivity contribution in [2.75, 3.05) is 0 Å². The topological polar surface area (TPSA) is 3.24 Å². The van der Waals surface area contributed by atoms with Gasteiger partial charge in [0.15, 0.2) is 0 Å². The Morgan fingerprint density at radius 1 is 1.19 bits per heavy atom. The normalized spacial score (nSPS) is 21.5. The fourth-order valence-corrected chi connectivity index (χ4v) is 2.86. The van der Waals surface area contributed by atoms with Crippen LogP contribution in [0.15, 0.2) is 24.3 Å². The molecule has 0 aliphatic carbocycles. The van der Waals surface area contributed by atoms with Gasteiger partial charge in [-0.15, -0.1) is 0 Å². The molecule has 1 aromatic carbocycles. The van der Waals surface area contributed by atoms with Crippen molar-refractivity contribution in [2.24, 2.45) is 5.41 Å². The third-order valence-corrected chi connectivity index (χ3v) is 3.52. The molecule has 1 nitrogen and oxygen atoms in total. The molecular formula is C15H23N. The van der Waals surface area contributed by atoms with Crippen molar-refractivity contribution in [1.82, 2.24) is 4.90 Å². The fraction of sp³-hybridized carbons (Fsp3) is 0.600. The Morgan fingerprint density at radius 2 is 1.81 bits per heavy atom. The third-order valence-electron chi connectivity index (χ3n) is 3.52. The second-order valence-electron chi connectivity index (χ2n) is 6.23. The number of nitrogens with zero attached hydrogens (tertiary/aromatic N) is 1. The molecule has 0 aromatic heterocycles. The summed E-state index contributed by atoms with van der Waals surface area (Å²) in [6, 6.07) is 10.1. The van der Waals surface area contributed by atoms with Gasteiger partial charge >= 0.3 is 0 Å². The number of rotatable bonds is 1. The van der Waals surface area contributed by atoms with E-state index in [-0.39, 0.29) is 0 Å². The molecule has 2 rings (SSSR count). The van der Waals surface area contributed by atoms with Gasteiger partial charge < -0.3 is 0 Å². The van der Waals surface area contributed by atoms with Gasteiger partial charge in [0.05, 0.1) is 0 Å². The molecule has 1 unspecified atom stereocenters. The molecule has 88 valence electrons. The second kappa shape index (κ2) is 3.89. The zero-order chi connectivity index (χ0) is 11.9. The van der Waals surface area contributed by atoms with Crippen LogP contribution in [0, 0.1) is 5.41 Å². The Kier molecular flexibility index (Phi) is 2.83. The molecule has 0 fully saturated rings. The Balaban J connectivity index is 2.44. The van der Waals surface area contributed by atoms with Crippen molar-refractivity contribution < 1.29 is 0 Å². The first kappa shape index (κ1) is 11.7. The first-order valence-electron chi connectivity index (χ1n) is 6.25. The maximum Gasteiger partial charge on any atom is 0.0405 e. The molecule has 1 heterocycles. The van der Waals surface area contributed by atoms with Crippen LogP contribution >= 0.6 is 0 Å². The summed E-state index contributed by atoms with van der Waals surface area (Å²) >= 11 is 0. The van der Waals surface area contributed by atoms with Crippen molar-refractivity contribution in [3.8, 4) is 0 Å². The zero-order valence-electron chi connectivity index (χ0n) is 11.1. The summed E-state index contributed by atoms with van der Waals surface area (Å²) < 4.78 is 0. The lowest BCUT2D eigenvalue weighted by atomic mass is 9.82. The standard InChI is InChI=1S/C15H23N/c1-11(2)16-10-12-8-6-7-9-13(12)14(16)15(3,4)5/h6-9,11,14H,10H2,1-5H3. The quantitative estimate of drug-likeness (QED) is 0.687. The van der Waals surface area contributed by atoms with E-state index in [1.165, 1.54) is 11.1 Å². The maximum atomic E-state index is 2.62. The summed E-state index contributed by atoms with van der Waals surface area (Å²) in [5, 5.41) is 0. The van der Waals surface area contributed by atoms with Crippen molar-refractivity contribution in [3.63, 3.8) is 0 Å². The van der Waals surface area contributed by atoms with Crippen LogP contribution in [0.25, 0.3) is 0 Å². The Bertz CT molecular complexity index is 373. The summed E-state index contributed by atoms with van der Waals surface area (Å²) in [6.45, 7) is 12.7. The van der Waals surface area contributed by atoms with Crippen LogP contribution in [-0.4, -0.2) is 10.9 Å². The highest BCUT2D eigenvalue weighted by molar-refractivity contribution is 5.35. The molecule has 1 heteroatoms. The minimum atomic E-state index is 0.302. The molecule has 0 bridgehead atoms. The largest absolute Gasteiger partial charge is 0.289 e. The summed E-state index contributed by atoms with van der Waals surface area (Å²) in [5.74, 6) is 0. The van der Waals surface area contributed by atoms with Crippen molar-refractivity contribution >= 4 is 0 Å². The van der Waals surface area contributed by atoms with Crippen LogP contribution in [0.4, 0.5) is 0 Å². The summed E-state index contributed by atoms with van der Waals surface area (Å²) in [7, 11) is 0. The van der Waals surface area contributed by atoms with E-state index in [4.69, 9.17) is 0 Å². The van der Waals surface area contributed by atoms with E-state index in [0.29, 0.717) is 17.5 Å². The highest BCUT2D eigenvalue weighted by Crippen LogP contribution is 2.45. The van der Waals surface area contributed by atoms with Crippen LogP contribution in [-0.2, 0) is 6.54 Å². The lowest BCUT2D eigenvalue weighted by molar-refractivity contribution is 0.0827. The molecule has 1 aliphatic heterocycles. The van der Waals surface area contributed by atoms with Gasteiger partial charge in [-0.05, 0) is 30.4 Å². The van der Waals surface area contributed by atoms with E-state index < -0.39 is 0 Å². The molecule has 0 amide bonds. The van der Waals surface area contributed by atoms with Crippen LogP contribution in [0.2, 0.25) is 0 Å². The first-order valence-corrected chi connectivity index (χ1v) is 6.25. The SMILES string of the molecule is CC(C)N1Cc2ccccc2C1C(C)(C)C. The van der Waals surface area contributed by atoms with E-state index in [1.54, 1.807) is 0 Å². The average molecular weight is 217 g/mol. The Hall–Kier alpha value is -0.820. The molecule has 0 saturated heterocycles. The minimum Gasteiger partial charge on any atom is -0.289 e. The van der Waals surface area contributed by atoms with Crippen LogP contribution < -0.4 is 0 Å². The van der Waals surface area contributed by atoms with Crippen molar-refractivity contribution in [1.29, 1.82) is 0 Å². The average Bonchev–Trinajstić information content (AvgIpc) is 2.55. The highest BCUT2D eigenvalue weighted by Gasteiger charge is 2.38. The summed E-state index contributed by atoms with van der Waals surface area (Å²) in [6.07, 6.45) is 0. The molecule has 1 aromatic rings. The molecular weight excluding hydrogens is 194 g/mol.